The minimum absolute atomic E-state index is 0.0153. The van der Waals surface area contributed by atoms with Crippen molar-refractivity contribution in [3.05, 3.63) is 0 Å². The van der Waals surface area contributed by atoms with Gasteiger partial charge in [0.25, 0.3) is 0 Å². The molecule has 1 rings (SSSR count). The van der Waals surface area contributed by atoms with E-state index in [2.05, 4.69) is 5.32 Å². The maximum absolute atomic E-state index is 12.1. The van der Waals surface area contributed by atoms with Crippen molar-refractivity contribution in [1.29, 1.82) is 0 Å². The second kappa shape index (κ2) is 7.11. The van der Waals surface area contributed by atoms with Crippen molar-refractivity contribution in [1.82, 2.24) is 10.2 Å². The summed E-state index contributed by atoms with van der Waals surface area (Å²) in [6, 6.07) is 0.187. The van der Waals surface area contributed by atoms with E-state index in [4.69, 9.17) is 0 Å². The van der Waals surface area contributed by atoms with E-state index >= 15 is 0 Å². The smallest absolute Gasteiger partial charge is 0.235 e. The topological polar surface area (TPSA) is 49.4 Å². The fourth-order valence-corrected chi connectivity index (χ4v) is 3.27. The molecule has 1 heterocycles. The highest BCUT2D eigenvalue weighted by Crippen LogP contribution is 2.10. The maximum atomic E-state index is 12.1. The fraction of sp³-hybridized carbons (Fsp3) is 0.917. The summed E-state index contributed by atoms with van der Waals surface area (Å²) >= 11 is 0. The number of hydrogen-bond acceptors (Lipinski definition) is 3. The summed E-state index contributed by atoms with van der Waals surface area (Å²) in [5.74, 6) is 0.230. The van der Waals surface area contributed by atoms with Gasteiger partial charge < -0.3 is 10.2 Å². The molecule has 3 atom stereocenters. The van der Waals surface area contributed by atoms with Gasteiger partial charge in [-0.2, -0.15) is 0 Å². The normalized spacial score (nSPS) is 21.2. The maximum Gasteiger partial charge on any atom is 0.235 e. The average Bonchev–Trinajstić information content (AvgIpc) is 2.81. The van der Waals surface area contributed by atoms with Crippen molar-refractivity contribution in [2.45, 2.75) is 44.9 Å². The number of carbonyl (C=O) groups is 1. The van der Waals surface area contributed by atoms with Crippen LogP contribution in [0.4, 0.5) is 0 Å². The van der Waals surface area contributed by atoms with Crippen LogP contribution in [0.1, 0.15) is 33.6 Å². The predicted octanol–water partition coefficient (Wildman–Crippen LogP) is 0.744. The second-order valence-electron chi connectivity index (χ2n) is 4.66. The minimum atomic E-state index is -1.08. The van der Waals surface area contributed by atoms with Crippen LogP contribution in [0, 0.1) is 0 Å². The molecule has 0 aliphatic carbocycles. The number of nitrogens with zero attached hydrogens (tertiary/aromatic N) is 1. The molecule has 100 valence electrons. The van der Waals surface area contributed by atoms with Gasteiger partial charge in [-0.15, -0.1) is 0 Å². The Kier molecular flexibility index (Phi) is 6.12. The SMILES string of the molecule is CCNC(C)C(C)S(=O)CC(=O)N1CCCC1. The highest BCUT2D eigenvalue weighted by molar-refractivity contribution is 7.86. The molecule has 0 aromatic carbocycles. The number of nitrogens with one attached hydrogen (secondary N) is 1. The Morgan fingerprint density at radius 2 is 1.94 bits per heavy atom. The Hall–Kier alpha value is -0.420. The summed E-state index contributed by atoms with van der Waals surface area (Å²) in [5, 5.41) is 3.27. The molecule has 1 amide bonds. The molecule has 0 saturated carbocycles. The molecule has 1 aliphatic heterocycles. The van der Waals surface area contributed by atoms with Crippen LogP contribution in [0.3, 0.4) is 0 Å². The quantitative estimate of drug-likeness (QED) is 0.766. The Labute approximate surface area is 107 Å². The number of amides is 1. The first kappa shape index (κ1) is 14.6. The predicted molar refractivity (Wildman–Crippen MR) is 71.4 cm³/mol. The molecule has 1 N–H and O–H groups in total. The van der Waals surface area contributed by atoms with Crippen LogP contribution < -0.4 is 5.32 Å². The summed E-state index contributed by atoms with van der Waals surface area (Å²) in [6.07, 6.45) is 2.17. The first-order valence-corrected chi connectivity index (χ1v) is 7.82. The highest BCUT2D eigenvalue weighted by Gasteiger charge is 2.24. The van der Waals surface area contributed by atoms with Crippen molar-refractivity contribution >= 4 is 16.7 Å². The Morgan fingerprint density at radius 3 is 2.47 bits per heavy atom. The van der Waals surface area contributed by atoms with Crippen LogP contribution in [0.25, 0.3) is 0 Å². The number of rotatable bonds is 6. The summed E-state index contributed by atoms with van der Waals surface area (Å²) in [5.41, 5.74) is 0. The summed E-state index contributed by atoms with van der Waals surface area (Å²) in [4.78, 5) is 13.7. The van der Waals surface area contributed by atoms with Crippen LogP contribution in [0.2, 0.25) is 0 Å². The van der Waals surface area contributed by atoms with E-state index in [0.29, 0.717) is 0 Å². The monoisotopic (exact) mass is 260 g/mol. The summed E-state index contributed by atoms with van der Waals surface area (Å²) in [6.45, 7) is 8.54. The van der Waals surface area contributed by atoms with Crippen molar-refractivity contribution in [2.75, 3.05) is 25.4 Å². The summed E-state index contributed by atoms with van der Waals surface area (Å²) < 4.78 is 12.1. The third kappa shape index (κ3) is 4.39. The molecule has 0 aromatic heterocycles. The van der Waals surface area contributed by atoms with Gasteiger partial charge in [-0.1, -0.05) is 6.92 Å². The molecule has 0 spiro atoms. The van der Waals surface area contributed by atoms with Gasteiger partial charge >= 0.3 is 0 Å². The zero-order chi connectivity index (χ0) is 12.8. The van der Waals surface area contributed by atoms with E-state index in [1.54, 1.807) is 0 Å². The van der Waals surface area contributed by atoms with E-state index in [1.165, 1.54) is 0 Å². The van der Waals surface area contributed by atoms with Crippen molar-refractivity contribution in [2.24, 2.45) is 0 Å². The molecule has 1 aliphatic rings. The average molecular weight is 260 g/mol. The lowest BCUT2D eigenvalue weighted by molar-refractivity contribution is -0.127. The Bertz CT molecular complexity index is 278. The van der Waals surface area contributed by atoms with E-state index in [-0.39, 0.29) is 23.0 Å². The van der Waals surface area contributed by atoms with E-state index < -0.39 is 10.8 Å². The lowest BCUT2D eigenvalue weighted by Crippen LogP contribution is -2.41. The van der Waals surface area contributed by atoms with Crippen LogP contribution in [-0.2, 0) is 15.6 Å². The summed E-state index contributed by atoms with van der Waals surface area (Å²) in [7, 11) is -1.08. The molecule has 3 unspecified atom stereocenters. The minimum Gasteiger partial charge on any atom is -0.342 e. The third-order valence-corrected chi connectivity index (χ3v) is 5.14. The van der Waals surface area contributed by atoms with Gasteiger partial charge in [0.2, 0.25) is 5.91 Å². The van der Waals surface area contributed by atoms with E-state index in [0.717, 1.165) is 32.5 Å². The van der Waals surface area contributed by atoms with Gasteiger partial charge in [0.15, 0.2) is 0 Å². The van der Waals surface area contributed by atoms with E-state index in [9.17, 15) is 9.00 Å². The molecule has 4 nitrogen and oxygen atoms in total. The van der Waals surface area contributed by atoms with Crippen molar-refractivity contribution in [3.8, 4) is 0 Å². The molecule has 17 heavy (non-hydrogen) atoms. The lowest BCUT2D eigenvalue weighted by atomic mass is 10.2. The fourth-order valence-electron chi connectivity index (χ4n) is 2.03. The molecular formula is C12H24N2O2S. The molecule has 1 saturated heterocycles. The largest absolute Gasteiger partial charge is 0.342 e. The molecule has 0 aromatic rings. The van der Waals surface area contributed by atoms with Crippen LogP contribution >= 0.6 is 0 Å². The Balaban J connectivity index is 2.39. The van der Waals surface area contributed by atoms with Gasteiger partial charge in [-0.25, -0.2) is 0 Å². The molecule has 0 bridgehead atoms. The van der Waals surface area contributed by atoms with Gasteiger partial charge in [0.1, 0.15) is 5.75 Å². The third-order valence-electron chi connectivity index (χ3n) is 3.37. The first-order valence-electron chi connectivity index (χ1n) is 6.44. The molecular weight excluding hydrogens is 236 g/mol. The van der Waals surface area contributed by atoms with Crippen LogP contribution in [0.15, 0.2) is 0 Å². The van der Waals surface area contributed by atoms with Gasteiger partial charge in [-0.05, 0) is 33.2 Å². The van der Waals surface area contributed by atoms with E-state index in [1.807, 2.05) is 25.7 Å². The van der Waals surface area contributed by atoms with Crippen molar-refractivity contribution < 1.29 is 9.00 Å². The molecule has 1 fully saturated rings. The first-order chi connectivity index (χ1) is 8.06. The standard InChI is InChI=1S/C12H24N2O2S/c1-4-13-10(2)11(3)17(16)9-12(15)14-7-5-6-8-14/h10-11,13H,4-9H2,1-3H3. The van der Waals surface area contributed by atoms with Crippen molar-refractivity contribution in [3.63, 3.8) is 0 Å². The lowest BCUT2D eigenvalue weighted by Gasteiger charge is -2.21. The number of carbonyl (C=O) groups excluding carboxylic acids is 1. The zero-order valence-electron chi connectivity index (χ0n) is 11.1. The number of likely N-dealkylation sites (tertiary alicyclic amines) is 1. The number of hydrogen-bond donors (Lipinski definition) is 1. The molecule has 5 heteroatoms. The van der Waals surface area contributed by atoms with Gasteiger partial charge in [0, 0.05) is 35.2 Å². The van der Waals surface area contributed by atoms with Crippen LogP contribution in [-0.4, -0.2) is 51.7 Å². The molecule has 0 radical (unpaired) electrons. The zero-order valence-corrected chi connectivity index (χ0v) is 11.9. The van der Waals surface area contributed by atoms with Gasteiger partial charge in [-0.3, -0.25) is 9.00 Å². The highest BCUT2D eigenvalue weighted by atomic mass is 32.2. The Morgan fingerprint density at radius 1 is 1.35 bits per heavy atom. The van der Waals surface area contributed by atoms with Gasteiger partial charge in [0.05, 0.1) is 0 Å². The second-order valence-corrected chi connectivity index (χ2v) is 6.46. The van der Waals surface area contributed by atoms with Crippen LogP contribution in [0.5, 0.6) is 0 Å².